The Labute approximate surface area is 178 Å². The van der Waals surface area contributed by atoms with E-state index in [0.29, 0.717) is 24.9 Å². The maximum absolute atomic E-state index is 12.7. The standard InChI is InChI=1S/C22H21N5O4/c28-21(19-7-20(22(29)30)26-25-19)27-10-14-5-18(6-15(14)11-27)31-17-3-1-2-13(4-17)16-8-23-12-24-9-16/h1-4,7-9,12,14-15,18H,5-6,10-11H2,(H,25,26)(H,29,30). The van der Waals surface area contributed by atoms with Crippen LogP contribution in [0.4, 0.5) is 0 Å². The maximum atomic E-state index is 12.7. The fraction of sp³-hybridized carbons (Fsp3) is 0.318. The van der Waals surface area contributed by atoms with Gasteiger partial charge in [0, 0.05) is 37.1 Å². The molecule has 1 saturated heterocycles. The Morgan fingerprint density at radius 1 is 1.06 bits per heavy atom. The predicted molar refractivity (Wildman–Crippen MR) is 110 cm³/mol. The van der Waals surface area contributed by atoms with E-state index in [1.807, 2.05) is 24.3 Å². The molecule has 2 fully saturated rings. The van der Waals surface area contributed by atoms with Gasteiger partial charge in [-0.3, -0.25) is 9.89 Å². The first-order valence-corrected chi connectivity index (χ1v) is 10.2. The second kappa shape index (κ2) is 7.82. The van der Waals surface area contributed by atoms with E-state index in [4.69, 9.17) is 9.84 Å². The van der Waals surface area contributed by atoms with Crippen molar-refractivity contribution in [1.82, 2.24) is 25.1 Å². The highest BCUT2D eigenvalue weighted by Gasteiger charge is 2.43. The minimum absolute atomic E-state index is 0.0829. The number of amides is 1. The van der Waals surface area contributed by atoms with E-state index < -0.39 is 5.97 Å². The van der Waals surface area contributed by atoms with Gasteiger partial charge in [0.25, 0.3) is 5.91 Å². The Morgan fingerprint density at radius 3 is 2.48 bits per heavy atom. The van der Waals surface area contributed by atoms with Gasteiger partial charge in [-0.15, -0.1) is 0 Å². The minimum atomic E-state index is -1.13. The molecule has 31 heavy (non-hydrogen) atoms. The summed E-state index contributed by atoms with van der Waals surface area (Å²) in [6.07, 6.45) is 6.93. The molecule has 1 amide bonds. The monoisotopic (exact) mass is 419 g/mol. The fourth-order valence-corrected chi connectivity index (χ4v) is 4.60. The Morgan fingerprint density at radius 2 is 1.81 bits per heavy atom. The second-order valence-corrected chi connectivity index (χ2v) is 8.07. The molecular weight excluding hydrogens is 398 g/mol. The molecule has 1 aliphatic carbocycles. The van der Waals surface area contributed by atoms with Crippen molar-refractivity contribution in [2.75, 3.05) is 13.1 Å². The molecule has 9 heteroatoms. The number of carboxylic acid groups (broad SMARTS) is 1. The molecule has 1 aromatic carbocycles. The summed E-state index contributed by atoms with van der Waals surface area (Å²) in [4.78, 5) is 33.6. The molecular formula is C22H21N5O4. The van der Waals surface area contributed by atoms with Gasteiger partial charge in [-0.25, -0.2) is 14.8 Å². The summed E-state index contributed by atoms with van der Waals surface area (Å²) in [6, 6.07) is 9.21. The van der Waals surface area contributed by atoms with Crippen LogP contribution in [-0.4, -0.2) is 61.2 Å². The molecule has 0 radical (unpaired) electrons. The molecule has 2 atom stereocenters. The number of ether oxygens (including phenoxy) is 1. The quantitative estimate of drug-likeness (QED) is 0.652. The Balaban J connectivity index is 1.20. The predicted octanol–water partition coefficient (Wildman–Crippen LogP) is 2.49. The van der Waals surface area contributed by atoms with Crippen molar-refractivity contribution in [3.8, 4) is 16.9 Å². The number of H-pyrrole nitrogens is 1. The van der Waals surface area contributed by atoms with E-state index >= 15 is 0 Å². The number of rotatable bonds is 5. The van der Waals surface area contributed by atoms with Gasteiger partial charge in [0.1, 0.15) is 17.8 Å². The van der Waals surface area contributed by atoms with Crippen LogP contribution in [0.3, 0.4) is 0 Å². The molecule has 9 nitrogen and oxygen atoms in total. The van der Waals surface area contributed by atoms with Crippen LogP contribution in [0.5, 0.6) is 5.75 Å². The van der Waals surface area contributed by atoms with E-state index in [9.17, 15) is 9.59 Å². The summed E-state index contributed by atoms with van der Waals surface area (Å²) in [6.45, 7) is 1.28. The van der Waals surface area contributed by atoms with Gasteiger partial charge < -0.3 is 14.7 Å². The minimum Gasteiger partial charge on any atom is -0.490 e. The number of benzene rings is 1. The van der Waals surface area contributed by atoms with Crippen molar-refractivity contribution in [3.63, 3.8) is 0 Å². The van der Waals surface area contributed by atoms with Gasteiger partial charge >= 0.3 is 5.97 Å². The van der Waals surface area contributed by atoms with Crippen molar-refractivity contribution < 1.29 is 19.4 Å². The molecule has 2 aliphatic rings. The van der Waals surface area contributed by atoms with Crippen molar-refractivity contribution in [2.45, 2.75) is 18.9 Å². The van der Waals surface area contributed by atoms with Gasteiger partial charge in [-0.1, -0.05) is 12.1 Å². The van der Waals surface area contributed by atoms with Crippen LogP contribution in [0, 0.1) is 11.8 Å². The topological polar surface area (TPSA) is 121 Å². The van der Waals surface area contributed by atoms with Gasteiger partial charge in [0.15, 0.2) is 5.69 Å². The zero-order valence-electron chi connectivity index (χ0n) is 16.6. The van der Waals surface area contributed by atoms with Crippen molar-refractivity contribution in [1.29, 1.82) is 0 Å². The highest BCUT2D eigenvalue weighted by Crippen LogP contribution is 2.40. The number of carbonyl (C=O) groups excluding carboxylic acids is 1. The van der Waals surface area contributed by atoms with Gasteiger partial charge in [0.2, 0.25) is 0 Å². The Kier molecular flexibility index (Phi) is 4.85. The van der Waals surface area contributed by atoms with Crippen LogP contribution in [0.25, 0.3) is 11.1 Å². The van der Waals surface area contributed by atoms with Gasteiger partial charge in [-0.05, 0) is 42.4 Å². The number of aromatic amines is 1. The zero-order chi connectivity index (χ0) is 21.4. The van der Waals surface area contributed by atoms with E-state index in [2.05, 4.69) is 20.2 Å². The molecule has 0 spiro atoms. The first kappa shape index (κ1) is 19.2. The van der Waals surface area contributed by atoms with E-state index in [1.54, 1.807) is 17.3 Å². The SMILES string of the molecule is O=C(O)c1cc(C(=O)N2CC3CC(Oc4cccc(-c5cncnc5)c4)CC3C2)n[nH]1. The normalized spacial score (nSPS) is 22.3. The smallest absolute Gasteiger partial charge is 0.353 e. The first-order chi connectivity index (χ1) is 15.1. The number of nitrogens with zero attached hydrogens (tertiary/aromatic N) is 4. The largest absolute Gasteiger partial charge is 0.490 e. The lowest BCUT2D eigenvalue weighted by Gasteiger charge is -2.19. The summed E-state index contributed by atoms with van der Waals surface area (Å²) in [5.41, 5.74) is 2.01. The summed E-state index contributed by atoms with van der Waals surface area (Å²) in [5.74, 6) is 0.203. The number of aromatic carboxylic acids is 1. The summed E-state index contributed by atoms with van der Waals surface area (Å²) < 4.78 is 6.26. The van der Waals surface area contributed by atoms with Gasteiger partial charge in [-0.2, -0.15) is 5.10 Å². The van der Waals surface area contributed by atoms with E-state index in [0.717, 1.165) is 29.7 Å². The average molecular weight is 419 g/mol. The molecule has 5 rings (SSSR count). The lowest BCUT2D eigenvalue weighted by atomic mass is 10.0. The van der Waals surface area contributed by atoms with Crippen LogP contribution in [0.1, 0.15) is 33.8 Å². The third kappa shape index (κ3) is 3.86. The average Bonchev–Trinajstić information content (AvgIpc) is 3.49. The highest BCUT2D eigenvalue weighted by molar-refractivity contribution is 5.95. The van der Waals surface area contributed by atoms with Gasteiger partial charge in [0.05, 0.1) is 6.10 Å². The second-order valence-electron chi connectivity index (χ2n) is 8.07. The van der Waals surface area contributed by atoms with Crippen LogP contribution in [-0.2, 0) is 0 Å². The molecule has 1 aliphatic heterocycles. The fourth-order valence-electron chi connectivity index (χ4n) is 4.60. The summed E-state index contributed by atoms with van der Waals surface area (Å²) in [7, 11) is 0. The zero-order valence-corrected chi connectivity index (χ0v) is 16.6. The number of carbonyl (C=O) groups is 2. The summed E-state index contributed by atoms with van der Waals surface area (Å²) in [5, 5.41) is 15.2. The van der Waals surface area contributed by atoms with Crippen LogP contribution in [0.2, 0.25) is 0 Å². The number of nitrogens with one attached hydrogen (secondary N) is 1. The van der Waals surface area contributed by atoms with Crippen molar-refractivity contribution >= 4 is 11.9 Å². The molecule has 2 N–H and O–H groups in total. The molecule has 2 unspecified atom stereocenters. The Bertz CT molecular complexity index is 1100. The molecule has 1 saturated carbocycles. The molecule has 3 heterocycles. The third-order valence-corrected chi connectivity index (χ3v) is 6.05. The number of carboxylic acids is 1. The van der Waals surface area contributed by atoms with Crippen molar-refractivity contribution in [3.05, 3.63) is 60.4 Å². The number of likely N-dealkylation sites (tertiary alicyclic amines) is 1. The van der Waals surface area contributed by atoms with Crippen LogP contribution < -0.4 is 4.74 Å². The molecule has 2 aromatic heterocycles. The maximum Gasteiger partial charge on any atom is 0.353 e. The summed E-state index contributed by atoms with van der Waals surface area (Å²) >= 11 is 0. The van der Waals surface area contributed by atoms with Crippen molar-refractivity contribution in [2.24, 2.45) is 11.8 Å². The van der Waals surface area contributed by atoms with Crippen LogP contribution >= 0.6 is 0 Å². The Hall–Kier alpha value is -3.75. The van der Waals surface area contributed by atoms with Crippen LogP contribution in [0.15, 0.2) is 49.1 Å². The highest BCUT2D eigenvalue weighted by atomic mass is 16.5. The molecule has 158 valence electrons. The molecule has 3 aromatic rings. The lowest BCUT2D eigenvalue weighted by Crippen LogP contribution is -2.31. The first-order valence-electron chi connectivity index (χ1n) is 10.2. The number of hydrogen-bond acceptors (Lipinski definition) is 6. The number of fused-ring (bicyclic) bond motifs is 1. The number of aromatic nitrogens is 4. The third-order valence-electron chi connectivity index (χ3n) is 6.05. The molecule has 0 bridgehead atoms. The van der Waals surface area contributed by atoms with E-state index in [-0.39, 0.29) is 23.4 Å². The lowest BCUT2D eigenvalue weighted by molar-refractivity contribution is 0.0690. The number of hydrogen-bond donors (Lipinski definition) is 2. The van der Waals surface area contributed by atoms with E-state index in [1.165, 1.54) is 12.4 Å².